The Balaban J connectivity index is 0.000000152. The predicted octanol–water partition coefficient (Wildman–Crippen LogP) is 32.7. The van der Waals surface area contributed by atoms with E-state index in [2.05, 4.69) is 0 Å². The van der Waals surface area contributed by atoms with Crippen molar-refractivity contribution < 1.29 is 111 Å². The fourth-order valence-electron chi connectivity index (χ4n) is 14.1. The van der Waals surface area contributed by atoms with E-state index in [9.17, 15) is 23.3 Å². The predicted molar refractivity (Wildman–Crippen MR) is 495 cm³/mol. The molecule has 0 N–H and O–H groups in total. The van der Waals surface area contributed by atoms with Crippen LogP contribution in [-0.2, 0) is 0 Å². The second kappa shape index (κ2) is 29.0. The Bertz CT molecular complexity index is 12300. The Hall–Kier alpha value is -15.4. The fraction of sp³-hybridized carbons (Fsp3) is 0. The molecule has 3 heteroatoms. The van der Waals surface area contributed by atoms with Crippen molar-refractivity contribution in [3.63, 3.8) is 0 Å². The number of benzene rings is 21. The van der Waals surface area contributed by atoms with Crippen LogP contribution in [0.1, 0.15) is 97.3 Å². The van der Waals surface area contributed by atoms with E-state index in [0.717, 1.165) is 6.07 Å². The summed E-state index contributed by atoms with van der Waals surface area (Å²) in [6.07, 6.45) is 0. The number of rotatable bonds is 9. The van der Waals surface area contributed by atoms with Gasteiger partial charge in [-0.15, -0.1) is 0 Å². The van der Waals surface area contributed by atoms with E-state index in [-0.39, 0.29) is 5.39 Å². The van der Waals surface area contributed by atoms with Gasteiger partial charge >= 0.3 is 0 Å². The molecule has 21 aromatic carbocycles. The zero-order valence-electron chi connectivity index (χ0n) is 129. The average Bonchev–Trinajstić information content (AvgIpc) is 1.36. The maximum absolute atomic E-state index is 9.50. The summed E-state index contributed by atoms with van der Waals surface area (Å²) in [6.45, 7) is 0. The molecule has 0 radical (unpaired) electrons. The van der Waals surface area contributed by atoms with Crippen molar-refractivity contribution in [2.24, 2.45) is 0 Å². The van der Waals surface area contributed by atoms with E-state index in [1.807, 2.05) is 0 Å². The fourth-order valence-corrected chi connectivity index (χ4v) is 14.1. The van der Waals surface area contributed by atoms with Crippen LogP contribution in [0.3, 0.4) is 0 Å². The molecule has 0 bridgehead atoms. The zero-order valence-corrected chi connectivity index (χ0v) is 58.3. The molecule has 24 aromatic rings. The third kappa shape index (κ3) is 11.7. The van der Waals surface area contributed by atoms with E-state index in [1.54, 1.807) is 0 Å². The molecule has 546 valence electrons. The topological polar surface area (TPSA) is 39.4 Å². The van der Waals surface area contributed by atoms with Crippen molar-refractivity contribution >= 4 is 130 Å². The highest BCUT2D eigenvalue weighted by atomic mass is 16.3. The van der Waals surface area contributed by atoms with Crippen molar-refractivity contribution in [1.29, 1.82) is 0 Å². The first-order valence-electron chi connectivity index (χ1n) is 69.8. The van der Waals surface area contributed by atoms with Crippen LogP contribution in [0.2, 0.25) is 0 Å². The first-order chi connectivity index (χ1) is 87.6. The van der Waals surface area contributed by atoms with Crippen molar-refractivity contribution in [3.8, 4) is 100 Å². The molecule has 0 spiro atoms. The minimum atomic E-state index is -0.965. The molecular formula is C114H72O3. The highest BCUT2D eigenvalue weighted by Gasteiger charge is 2.26. The van der Waals surface area contributed by atoms with Gasteiger partial charge in [0.05, 0.1) is 97.3 Å². The largest absolute Gasteiger partial charge is 0.456 e. The average molecular weight is 1560 g/mol. The van der Waals surface area contributed by atoms with Crippen LogP contribution in [0.5, 0.6) is 0 Å². The SMILES string of the molecule is [2H]c1c([2H])c([2H])c(-c2c([2H])c([2H])c3c(oc4c([2H])c([2H])c([2H])c(-c5c6c([2H])c([2H])c([2H])c([2H])c6c(-c6c([2H])c([2H])c([2H])c([2H])c6[2H])c6c([2H])c([2H])c([2H])c([2H])c56)c43)c2[2H])c([2H])c1[2H].[2H]c1c([2H])c([2H])c(-c2c3c([2H])c([2H])c([2H])c([2H])c3c(-c3c([2H])c([2H])c([2H])c4oc5c([2H])c([2H])c([2H])c(-c6c([2H])c([2H])c([2H])c([2H])c6[2H])c5c34)c3c([2H])c([2H])c([2H])c([2H])c23)c([2H])c1[2H].[2H]c1cc2c(-c3c([2H])c([2H])c([2H])c4oc5c([2H])c([2H])c(-c6c([2H])c([2H])c([2H])c([2H])c6[2H])c([2H])c5c34)c3c([2H])c([2H])c([2H])c([2H])c3c(-c3c([2H])c([2H])c([2H])c([2H])c3[2H])c2c([2H])c1[2H]. The van der Waals surface area contributed by atoms with Gasteiger partial charge in [-0.3, -0.25) is 0 Å². The lowest BCUT2D eigenvalue weighted by molar-refractivity contribution is 0.668. The van der Waals surface area contributed by atoms with E-state index in [4.69, 9.17) is 87.3 Å². The third-order valence-corrected chi connectivity index (χ3v) is 18.7. The molecule has 117 heavy (non-hydrogen) atoms. The van der Waals surface area contributed by atoms with Gasteiger partial charge in [0.15, 0.2) is 0 Å². The summed E-state index contributed by atoms with van der Waals surface area (Å²) in [5.41, 5.74) is -15.3. The van der Waals surface area contributed by atoms with Gasteiger partial charge < -0.3 is 13.3 Å². The van der Waals surface area contributed by atoms with Gasteiger partial charge in [-0.05, 0) is 213 Å². The molecule has 24 rings (SSSR count). The van der Waals surface area contributed by atoms with Crippen LogP contribution in [0.25, 0.3) is 231 Å². The molecule has 0 fully saturated rings. The molecule has 3 nitrogen and oxygen atoms in total. The quantitative estimate of drug-likeness (QED) is 0.135. The molecule has 0 saturated heterocycles. The summed E-state index contributed by atoms with van der Waals surface area (Å²) in [4.78, 5) is 0. The van der Waals surface area contributed by atoms with E-state index in [0.29, 0.717) is 0 Å². The van der Waals surface area contributed by atoms with E-state index < -0.39 is 654 Å². The Labute approximate surface area is 775 Å². The van der Waals surface area contributed by atoms with Gasteiger partial charge in [-0.1, -0.05) is 387 Å². The monoisotopic (exact) mass is 1560 g/mol. The lowest BCUT2D eigenvalue weighted by Gasteiger charge is -2.18. The van der Waals surface area contributed by atoms with Crippen LogP contribution >= 0.6 is 0 Å². The maximum atomic E-state index is 9.50. The van der Waals surface area contributed by atoms with E-state index in [1.165, 1.54) is 0 Å². The number of fused-ring (bicyclic) bond motifs is 15. The second-order valence-corrected chi connectivity index (χ2v) is 24.9. The summed E-state index contributed by atoms with van der Waals surface area (Å²) in [5.74, 6) is 0. The van der Waals surface area contributed by atoms with Crippen LogP contribution in [0.15, 0.2) is 448 Å². The first-order valence-corrected chi connectivity index (χ1v) is 34.3. The zero-order chi connectivity index (χ0) is 139. The Morgan fingerprint density at radius 2 is 0.410 bits per heavy atom. The molecule has 0 aliphatic rings. The van der Waals surface area contributed by atoms with E-state index >= 15 is 0 Å². The highest BCUT2D eigenvalue weighted by Crippen LogP contribution is 2.52. The van der Waals surface area contributed by atoms with Crippen molar-refractivity contribution in [2.75, 3.05) is 0 Å². The molecule has 0 amide bonds. The summed E-state index contributed by atoms with van der Waals surface area (Å²) in [6, 6.07) is -61.2. The summed E-state index contributed by atoms with van der Waals surface area (Å²) >= 11 is 0. The van der Waals surface area contributed by atoms with Gasteiger partial charge in [0, 0.05) is 32.3 Å². The minimum absolute atomic E-state index is 0.378. The van der Waals surface area contributed by atoms with Gasteiger partial charge in [0.1, 0.15) is 33.5 Å². The maximum Gasteiger partial charge on any atom is 0.136 e. The lowest BCUT2D eigenvalue weighted by Crippen LogP contribution is -1.91. The van der Waals surface area contributed by atoms with Crippen molar-refractivity contribution in [3.05, 3.63) is 435 Å². The third-order valence-electron chi connectivity index (χ3n) is 18.7. The van der Waals surface area contributed by atoms with Crippen molar-refractivity contribution in [1.82, 2.24) is 0 Å². The van der Waals surface area contributed by atoms with Gasteiger partial charge in [-0.2, -0.15) is 0 Å². The minimum Gasteiger partial charge on any atom is -0.456 e. The number of hydrogen-bond donors (Lipinski definition) is 0. The van der Waals surface area contributed by atoms with Crippen LogP contribution < -0.4 is 0 Å². The summed E-state index contributed by atoms with van der Waals surface area (Å²) in [7, 11) is 0. The Morgan fingerprint density at radius 3 is 0.821 bits per heavy atom. The van der Waals surface area contributed by atoms with Crippen LogP contribution in [0.4, 0.5) is 0 Å². The lowest BCUT2D eigenvalue weighted by atomic mass is 9.84. The first kappa shape index (κ1) is 27.4. The van der Waals surface area contributed by atoms with Crippen LogP contribution in [-0.4, -0.2) is 0 Å². The molecule has 0 unspecified atom stereocenters. The molecule has 0 atom stereocenters. The molecule has 3 heterocycles. The number of furan rings is 3. The molecule has 0 aliphatic carbocycles. The standard InChI is InChI=1S/3C38H24O/c1-3-13-25(14-4-1)27-21-11-23-33-37(27)38-32(22-12-24-34(38)39-33)36-30-19-9-7-17-28(30)35(26-15-5-2-6-16-26)29-18-8-10-20-31(29)36;1-3-12-25(13-4-1)27-22-23-32-35(24-27)39-34-21-11-20-33(38(32)34)37-30-18-9-7-16-28(30)36(26-14-5-2-6-15-26)29-17-8-10-19-31(29)37;1-3-12-25(13-4-1)27-22-23-34-33(24-27)38-32(20-11-21-35(38)39-34)37-30-18-9-7-16-28(30)36(26-14-5-2-6-15-26)29-17-8-10-19-31(29)37/h3*1-24H/i2*1D,2D,3D,4D,5D,6D,7D,8D,9D,10D,11D,12D,13D,14D,15D,16D,17D,18D,19D,20D,21D,22D,23D,24D;1D,2D,3D,4D,5D,6D,7D,8D,9D,10D,11D,12D,13D,14D,15D,16D,17D,18D,20D,21D,22D,23D,24D. The molecular weight excluding hydrogens is 1420 g/mol. The Kier molecular flexibility index (Phi) is 6.79. The second-order valence-electron chi connectivity index (χ2n) is 24.9. The smallest absolute Gasteiger partial charge is 0.136 e. The Morgan fingerprint density at radius 1 is 0.137 bits per heavy atom. The van der Waals surface area contributed by atoms with Crippen LogP contribution in [0, 0.1) is 0 Å². The van der Waals surface area contributed by atoms with Crippen molar-refractivity contribution in [2.45, 2.75) is 0 Å². The summed E-state index contributed by atoms with van der Waals surface area (Å²) < 4.78 is 643. The molecule has 0 saturated carbocycles. The number of hydrogen-bond acceptors (Lipinski definition) is 3. The van der Waals surface area contributed by atoms with Gasteiger partial charge in [-0.25, -0.2) is 0 Å². The molecule has 3 aromatic heterocycles. The highest BCUT2D eigenvalue weighted by molar-refractivity contribution is 6.30. The summed E-state index contributed by atoms with van der Waals surface area (Å²) in [5, 5.41) is -10.4. The molecule has 0 aliphatic heterocycles. The normalized spacial score (nSPS) is 20.1. The van der Waals surface area contributed by atoms with Gasteiger partial charge in [0.2, 0.25) is 0 Å². The van der Waals surface area contributed by atoms with Gasteiger partial charge in [0.25, 0.3) is 0 Å².